The molecular weight excluding hydrogens is 220 g/mol. The molecule has 2 aromatic rings. The molecule has 0 aliphatic carbocycles. The summed E-state index contributed by atoms with van der Waals surface area (Å²) >= 11 is 0. The number of carbonyl (C=O) groups excluding carboxylic acids is 1. The minimum atomic E-state index is -0.414. The maximum absolute atomic E-state index is 11.8. The second-order valence-electron chi connectivity index (χ2n) is 3.43. The molecule has 0 bridgehead atoms. The van der Waals surface area contributed by atoms with Crippen molar-refractivity contribution in [2.24, 2.45) is 0 Å². The van der Waals surface area contributed by atoms with Crippen molar-refractivity contribution in [2.75, 3.05) is 5.32 Å². The van der Waals surface area contributed by atoms with Crippen molar-refractivity contribution in [1.82, 2.24) is 4.98 Å². The molecule has 17 heavy (non-hydrogen) atoms. The van der Waals surface area contributed by atoms with E-state index < -0.39 is 5.91 Å². The number of carbonyl (C=O) groups is 1. The Bertz CT molecular complexity index is 520. The van der Waals surface area contributed by atoms with Crippen LogP contribution in [0.3, 0.4) is 0 Å². The van der Waals surface area contributed by atoms with Crippen molar-refractivity contribution < 1.29 is 15.0 Å². The first-order chi connectivity index (χ1) is 8.15. The summed E-state index contributed by atoms with van der Waals surface area (Å²) in [6, 6.07) is 6.98. The molecule has 1 heterocycles. The van der Waals surface area contributed by atoms with E-state index in [-0.39, 0.29) is 17.1 Å². The molecule has 0 saturated carbocycles. The quantitative estimate of drug-likeness (QED) is 0.733. The molecule has 0 unspecified atom stereocenters. The molecule has 0 spiro atoms. The molecule has 5 nitrogen and oxygen atoms in total. The van der Waals surface area contributed by atoms with Gasteiger partial charge in [0.2, 0.25) is 0 Å². The van der Waals surface area contributed by atoms with E-state index >= 15 is 0 Å². The molecule has 0 aliphatic heterocycles. The van der Waals surface area contributed by atoms with Gasteiger partial charge in [0.25, 0.3) is 5.91 Å². The summed E-state index contributed by atoms with van der Waals surface area (Å²) in [7, 11) is 0. The van der Waals surface area contributed by atoms with Crippen LogP contribution in [-0.2, 0) is 0 Å². The molecular formula is C12H10N2O3. The van der Waals surface area contributed by atoms with Crippen LogP contribution in [0.4, 0.5) is 5.69 Å². The average molecular weight is 230 g/mol. The van der Waals surface area contributed by atoms with Crippen LogP contribution in [0, 0.1) is 0 Å². The van der Waals surface area contributed by atoms with E-state index in [4.69, 9.17) is 0 Å². The molecule has 1 aromatic heterocycles. The Labute approximate surface area is 97.4 Å². The monoisotopic (exact) mass is 230 g/mol. The SMILES string of the molecule is O=C(Nc1ccncc1)c1cc(O)cc(O)c1. The van der Waals surface area contributed by atoms with E-state index in [1.165, 1.54) is 12.1 Å². The lowest BCUT2D eigenvalue weighted by Gasteiger charge is -2.05. The Morgan fingerprint density at radius 2 is 1.65 bits per heavy atom. The highest BCUT2D eigenvalue weighted by Gasteiger charge is 2.08. The van der Waals surface area contributed by atoms with E-state index in [2.05, 4.69) is 10.3 Å². The van der Waals surface area contributed by atoms with Crippen LogP contribution in [0.2, 0.25) is 0 Å². The number of aromatic nitrogens is 1. The molecule has 86 valence electrons. The van der Waals surface area contributed by atoms with Gasteiger partial charge in [-0.2, -0.15) is 0 Å². The summed E-state index contributed by atoms with van der Waals surface area (Å²) in [4.78, 5) is 15.6. The van der Waals surface area contributed by atoms with Gasteiger partial charge in [-0.25, -0.2) is 0 Å². The number of anilines is 1. The van der Waals surface area contributed by atoms with Crippen molar-refractivity contribution in [1.29, 1.82) is 0 Å². The lowest BCUT2D eigenvalue weighted by Crippen LogP contribution is -2.11. The van der Waals surface area contributed by atoms with Crippen LogP contribution in [-0.4, -0.2) is 21.1 Å². The van der Waals surface area contributed by atoms with E-state index in [9.17, 15) is 15.0 Å². The Hall–Kier alpha value is -2.56. The molecule has 3 N–H and O–H groups in total. The first-order valence-electron chi connectivity index (χ1n) is 4.89. The lowest BCUT2D eigenvalue weighted by molar-refractivity contribution is 0.102. The fourth-order valence-corrected chi connectivity index (χ4v) is 1.36. The van der Waals surface area contributed by atoms with Gasteiger partial charge in [0.15, 0.2) is 0 Å². The fourth-order valence-electron chi connectivity index (χ4n) is 1.36. The second kappa shape index (κ2) is 4.52. The van der Waals surface area contributed by atoms with E-state index in [1.807, 2.05) is 0 Å². The molecule has 0 fully saturated rings. The predicted molar refractivity (Wildman–Crippen MR) is 62.0 cm³/mol. The highest BCUT2D eigenvalue weighted by molar-refractivity contribution is 6.04. The largest absolute Gasteiger partial charge is 0.508 e. The van der Waals surface area contributed by atoms with Crippen LogP contribution < -0.4 is 5.32 Å². The normalized spacial score (nSPS) is 9.88. The number of amides is 1. The van der Waals surface area contributed by atoms with Crippen LogP contribution >= 0.6 is 0 Å². The summed E-state index contributed by atoms with van der Waals surface area (Å²) in [5.41, 5.74) is 0.771. The minimum Gasteiger partial charge on any atom is -0.508 e. The first kappa shape index (κ1) is 10.9. The minimum absolute atomic E-state index is 0.162. The Morgan fingerprint density at radius 3 is 2.24 bits per heavy atom. The number of hydrogen-bond acceptors (Lipinski definition) is 4. The summed E-state index contributed by atoms with van der Waals surface area (Å²) < 4.78 is 0. The standard InChI is InChI=1S/C12H10N2O3/c15-10-5-8(6-11(16)7-10)12(17)14-9-1-3-13-4-2-9/h1-7,15-16H,(H,13,14,17). The van der Waals surface area contributed by atoms with Gasteiger partial charge in [-0.1, -0.05) is 0 Å². The van der Waals surface area contributed by atoms with Gasteiger partial charge in [-0.3, -0.25) is 9.78 Å². The molecule has 5 heteroatoms. The van der Waals surface area contributed by atoms with E-state index in [1.54, 1.807) is 24.5 Å². The van der Waals surface area contributed by atoms with Crippen molar-refractivity contribution in [3.8, 4) is 11.5 Å². The number of phenolic OH excluding ortho intramolecular Hbond substituents is 2. The third-order valence-corrected chi connectivity index (χ3v) is 2.10. The number of rotatable bonds is 2. The zero-order valence-electron chi connectivity index (χ0n) is 8.79. The van der Waals surface area contributed by atoms with Gasteiger partial charge in [-0.15, -0.1) is 0 Å². The number of nitrogens with zero attached hydrogens (tertiary/aromatic N) is 1. The number of hydrogen-bond donors (Lipinski definition) is 3. The summed E-state index contributed by atoms with van der Waals surface area (Å²) in [5, 5.41) is 21.1. The first-order valence-corrected chi connectivity index (χ1v) is 4.89. The molecule has 1 amide bonds. The highest BCUT2D eigenvalue weighted by Crippen LogP contribution is 2.21. The van der Waals surface area contributed by atoms with Gasteiger partial charge in [0.1, 0.15) is 11.5 Å². The highest BCUT2D eigenvalue weighted by atomic mass is 16.3. The predicted octanol–water partition coefficient (Wildman–Crippen LogP) is 1.75. The van der Waals surface area contributed by atoms with Gasteiger partial charge in [0, 0.05) is 29.7 Å². The third kappa shape index (κ3) is 2.72. The summed E-state index contributed by atoms with van der Waals surface area (Å²) in [5.74, 6) is -0.739. The number of phenols is 2. The third-order valence-electron chi connectivity index (χ3n) is 2.10. The van der Waals surface area contributed by atoms with Gasteiger partial charge >= 0.3 is 0 Å². The van der Waals surface area contributed by atoms with Crippen molar-refractivity contribution in [2.45, 2.75) is 0 Å². The Kier molecular flexibility index (Phi) is 2.91. The second-order valence-corrected chi connectivity index (χ2v) is 3.43. The smallest absolute Gasteiger partial charge is 0.255 e. The van der Waals surface area contributed by atoms with Crippen molar-refractivity contribution >= 4 is 11.6 Å². The van der Waals surface area contributed by atoms with Crippen LogP contribution in [0.15, 0.2) is 42.7 Å². The zero-order chi connectivity index (χ0) is 12.3. The lowest BCUT2D eigenvalue weighted by atomic mass is 10.2. The molecule has 0 radical (unpaired) electrons. The summed E-state index contributed by atoms with van der Waals surface area (Å²) in [6.07, 6.45) is 3.10. The van der Waals surface area contributed by atoms with Gasteiger partial charge in [-0.05, 0) is 24.3 Å². The molecule has 2 rings (SSSR count). The number of nitrogens with one attached hydrogen (secondary N) is 1. The van der Waals surface area contributed by atoms with Crippen molar-refractivity contribution in [3.05, 3.63) is 48.3 Å². The van der Waals surface area contributed by atoms with Crippen LogP contribution in [0.5, 0.6) is 11.5 Å². The maximum Gasteiger partial charge on any atom is 0.255 e. The topological polar surface area (TPSA) is 82.5 Å². The van der Waals surface area contributed by atoms with E-state index in [0.29, 0.717) is 5.69 Å². The average Bonchev–Trinajstić information content (AvgIpc) is 2.29. The molecule has 1 aromatic carbocycles. The van der Waals surface area contributed by atoms with E-state index in [0.717, 1.165) is 6.07 Å². The molecule has 0 saturated heterocycles. The fraction of sp³-hybridized carbons (Fsp3) is 0. The summed E-state index contributed by atoms with van der Waals surface area (Å²) in [6.45, 7) is 0. The molecule has 0 aliphatic rings. The van der Waals surface area contributed by atoms with Crippen LogP contribution in [0.1, 0.15) is 10.4 Å². The van der Waals surface area contributed by atoms with Gasteiger partial charge < -0.3 is 15.5 Å². The Morgan fingerprint density at radius 1 is 1.06 bits per heavy atom. The van der Waals surface area contributed by atoms with Crippen molar-refractivity contribution in [3.63, 3.8) is 0 Å². The number of pyridine rings is 1. The number of aromatic hydroxyl groups is 2. The van der Waals surface area contributed by atoms with Gasteiger partial charge in [0.05, 0.1) is 0 Å². The zero-order valence-corrected chi connectivity index (χ0v) is 8.79. The number of benzene rings is 1. The molecule has 0 atom stereocenters. The maximum atomic E-state index is 11.8. The van der Waals surface area contributed by atoms with Crippen LogP contribution in [0.25, 0.3) is 0 Å². The Balaban J connectivity index is 2.20.